The van der Waals surface area contributed by atoms with Crippen LogP contribution in [0, 0.1) is 6.92 Å². The van der Waals surface area contributed by atoms with Crippen LogP contribution in [0.15, 0.2) is 52.5 Å². The SMILES string of the molecule is COc1ccc(OC)c(/C=N\NC(=O)CSc2cc(C)nc3c(OC)cccc23)c1. The maximum Gasteiger partial charge on any atom is 0.250 e. The zero-order valence-corrected chi connectivity index (χ0v) is 18.1. The van der Waals surface area contributed by atoms with Crippen LogP contribution in [0.5, 0.6) is 17.2 Å². The normalized spacial score (nSPS) is 10.9. The Morgan fingerprint density at radius 1 is 1.10 bits per heavy atom. The highest BCUT2D eigenvalue weighted by Crippen LogP contribution is 2.32. The summed E-state index contributed by atoms with van der Waals surface area (Å²) in [6.07, 6.45) is 1.53. The summed E-state index contributed by atoms with van der Waals surface area (Å²) in [5.74, 6) is 2.01. The molecule has 0 radical (unpaired) electrons. The summed E-state index contributed by atoms with van der Waals surface area (Å²) >= 11 is 1.43. The summed E-state index contributed by atoms with van der Waals surface area (Å²) < 4.78 is 15.9. The predicted octanol–water partition coefficient (Wildman–Crippen LogP) is 3.81. The molecule has 0 atom stereocenters. The van der Waals surface area contributed by atoms with Crippen molar-refractivity contribution in [3.63, 3.8) is 0 Å². The molecule has 156 valence electrons. The van der Waals surface area contributed by atoms with Crippen LogP contribution in [0.3, 0.4) is 0 Å². The predicted molar refractivity (Wildman–Crippen MR) is 119 cm³/mol. The number of rotatable bonds is 8. The van der Waals surface area contributed by atoms with E-state index < -0.39 is 0 Å². The fraction of sp³-hybridized carbons (Fsp3) is 0.227. The molecule has 0 bridgehead atoms. The number of ether oxygens (including phenoxy) is 3. The summed E-state index contributed by atoms with van der Waals surface area (Å²) in [4.78, 5) is 17.8. The number of hydrazone groups is 1. The molecule has 1 amide bonds. The van der Waals surface area contributed by atoms with Crippen molar-refractivity contribution in [1.82, 2.24) is 10.4 Å². The van der Waals surface area contributed by atoms with Gasteiger partial charge < -0.3 is 14.2 Å². The van der Waals surface area contributed by atoms with Crippen LogP contribution in [0.1, 0.15) is 11.3 Å². The molecule has 30 heavy (non-hydrogen) atoms. The second-order valence-electron chi connectivity index (χ2n) is 6.31. The Bertz CT molecular complexity index is 1090. The molecule has 0 aliphatic heterocycles. The molecular weight excluding hydrogens is 402 g/mol. The van der Waals surface area contributed by atoms with E-state index in [1.165, 1.54) is 18.0 Å². The number of aromatic nitrogens is 1. The van der Waals surface area contributed by atoms with Gasteiger partial charge in [-0.25, -0.2) is 10.4 Å². The number of nitrogens with zero attached hydrogens (tertiary/aromatic N) is 2. The van der Waals surface area contributed by atoms with E-state index in [9.17, 15) is 4.79 Å². The Balaban J connectivity index is 1.68. The van der Waals surface area contributed by atoms with Crippen LogP contribution in [-0.4, -0.2) is 44.2 Å². The lowest BCUT2D eigenvalue weighted by Crippen LogP contribution is -2.19. The van der Waals surface area contributed by atoms with Gasteiger partial charge in [-0.2, -0.15) is 5.10 Å². The second kappa shape index (κ2) is 9.98. The number of fused-ring (bicyclic) bond motifs is 1. The fourth-order valence-corrected chi connectivity index (χ4v) is 3.81. The zero-order chi connectivity index (χ0) is 21.5. The molecule has 0 saturated carbocycles. The number of benzene rings is 2. The van der Waals surface area contributed by atoms with Crippen LogP contribution >= 0.6 is 11.8 Å². The van der Waals surface area contributed by atoms with Gasteiger partial charge in [-0.05, 0) is 37.3 Å². The summed E-state index contributed by atoms with van der Waals surface area (Å²) in [5.41, 5.74) is 4.89. The van der Waals surface area contributed by atoms with Gasteiger partial charge in [0.25, 0.3) is 0 Å². The minimum atomic E-state index is -0.219. The number of para-hydroxylation sites is 1. The van der Waals surface area contributed by atoms with Crippen LogP contribution in [0.2, 0.25) is 0 Å². The minimum absolute atomic E-state index is 0.211. The number of methoxy groups -OCH3 is 3. The lowest BCUT2D eigenvalue weighted by atomic mass is 10.2. The number of carbonyl (C=O) groups is 1. The summed E-state index contributed by atoms with van der Waals surface area (Å²) in [6, 6.07) is 13.1. The number of hydrogen-bond donors (Lipinski definition) is 1. The lowest BCUT2D eigenvalue weighted by Gasteiger charge is -2.10. The largest absolute Gasteiger partial charge is 0.497 e. The highest BCUT2D eigenvalue weighted by Gasteiger charge is 2.11. The first-order valence-corrected chi connectivity index (χ1v) is 10.2. The number of aryl methyl sites for hydroxylation is 1. The van der Waals surface area contributed by atoms with E-state index in [-0.39, 0.29) is 11.7 Å². The quantitative estimate of drug-likeness (QED) is 0.336. The van der Waals surface area contributed by atoms with Crippen LogP contribution in [-0.2, 0) is 4.79 Å². The Kier molecular flexibility index (Phi) is 7.13. The fourth-order valence-electron chi connectivity index (χ4n) is 2.89. The summed E-state index contributed by atoms with van der Waals surface area (Å²) in [7, 11) is 4.78. The Labute approximate surface area is 179 Å². The van der Waals surface area contributed by atoms with Crippen molar-refractivity contribution in [3.05, 3.63) is 53.7 Å². The standard InChI is InChI=1S/C22H23N3O4S/c1-14-10-20(17-6-5-7-19(29-4)22(17)24-14)30-13-21(26)25-23-12-15-11-16(27-2)8-9-18(15)28-3/h5-12H,13H2,1-4H3,(H,25,26)/b23-12-. The first kappa shape index (κ1) is 21.4. The van der Waals surface area contributed by atoms with Crippen molar-refractivity contribution in [2.45, 2.75) is 11.8 Å². The minimum Gasteiger partial charge on any atom is -0.497 e. The second-order valence-corrected chi connectivity index (χ2v) is 7.33. The third kappa shape index (κ3) is 5.01. The van der Waals surface area contributed by atoms with E-state index in [4.69, 9.17) is 14.2 Å². The number of thioether (sulfide) groups is 1. The molecule has 0 aliphatic carbocycles. The Morgan fingerprint density at radius 3 is 2.63 bits per heavy atom. The van der Waals surface area contributed by atoms with E-state index in [1.54, 1.807) is 39.5 Å². The van der Waals surface area contributed by atoms with Gasteiger partial charge in [0.1, 0.15) is 22.8 Å². The van der Waals surface area contributed by atoms with E-state index in [0.717, 1.165) is 21.5 Å². The highest BCUT2D eigenvalue weighted by atomic mass is 32.2. The van der Waals surface area contributed by atoms with Gasteiger partial charge in [-0.15, -0.1) is 11.8 Å². The summed E-state index contributed by atoms with van der Waals surface area (Å²) in [5, 5.41) is 4.99. The number of nitrogens with one attached hydrogen (secondary N) is 1. The molecule has 3 rings (SSSR count). The smallest absolute Gasteiger partial charge is 0.250 e. The van der Waals surface area contributed by atoms with Crippen molar-refractivity contribution < 1.29 is 19.0 Å². The zero-order valence-electron chi connectivity index (χ0n) is 17.3. The van der Waals surface area contributed by atoms with Crippen LogP contribution < -0.4 is 19.6 Å². The number of amides is 1. The number of hydrogen-bond acceptors (Lipinski definition) is 7. The molecule has 3 aromatic rings. The molecule has 0 spiro atoms. The average molecular weight is 426 g/mol. The average Bonchev–Trinajstić information content (AvgIpc) is 2.76. The van der Waals surface area contributed by atoms with Gasteiger partial charge >= 0.3 is 0 Å². The molecule has 2 aromatic carbocycles. The van der Waals surface area contributed by atoms with Crippen molar-refractivity contribution in [3.8, 4) is 17.2 Å². The molecular formula is C22H23N3O4S. The van der Waals surface area contributed by atoms with Gasteiger partial charge in [0.15, 0.2) is 0 Å². The van der Waals surface area contributed by atoms with Gasteiger partial charge in [0.05, 0.1) is 33.3 Å². The lowest BCUT2D eigenvalue weighted by molar-refractivity contribution is -0.118. The van der Waals surface area contributed by atoms with E-state index in [1.807, 2.05) is 31.2 Å². The topological polar surface area (TPSA) is 82.0 Å². The van der Waals surface area contributed by atoms with Gasteiger partial charge in [-0.3, -0.25) is 4.79 Å². The van der Waals surface area contributed by atoms with E-state index in [2.05, 4.69) is 15.5 Å². The molecule has 7 nitrogen and oxygen atoms in total. The van der Waals surface area contributed by atoms with E-state index >= 15 is 0 Å². The Hall–Kier alpha value is -3.26. The Morgan fingerprint density at radius 2 is 1.90 bits per heavy atom. The maximum atomic E-state index is 12.3. The van der Waals surface area contributed by atoms with Gasteiger partial charge in [0, 0.05) is 21.5 Å². The van der Waals surface area contributed by atoms with Gasteiger partial charge in [-0.1, -0.05) is 12.1 Å². The molecule has 0 aliphatic rings. The molecule has 0 saturated heterocycles. The monoisotopic (exact) mass is 425 g/mol. The maximum absolute atomic E-state index is 12.3. The van der Waals surface area contributed by atoms with Crippen LogP contribution in [0.4, 0.5) is 0 Å². The molecule has 1 aromatic heterocycles. The molecule has 1 N–H and O–H groups in total. The molecule has 8 heteroatoms. The van der Waals surface area contributed by atoms with Crippen molar-refractivity contribution in [1.29, 1.82) is 0 Å². The third-order valence-electron chi connectivity index (χ3n) is 4.30. The van der Waals surface area contributed by atoms with Crippen LogP contribution in [0.25, 0.3) is 10.9 Å². The molecule has 0 unspecified atom stereocenters. The van der Waals surface area contributed by atoms with Crippen molar-refractivity contribution in [2.75, 3.05) is 27.1 Å². The number of carbonyl (C=O) groups excluding carboxylic acids is 1. The third-order valence-corrected chi connectivity index (χ3v) is 5.36. The van der Waals surface area contributed by atoms with E-state index in [0.29, 0.717) is 22.8 Å². The van der Waals surface area contributed by atoms with Crippen molar-refractivity contribution >= 4 is 34.8 Å². The van der Waals surface area contributed by atoms with Crippen molar-refractivity contribution in [2.24, 2.45) is 5.10 Å². The molecule has 1 heterocycles. The van der Waals surface area contributed by atoms with Gasteiger partial charge in [0.2, 0.25) is 5.91 Å². The summed E-state index contributed by atoms with van der Waals surface area (Å²) in [6.45, 7) is 1.92. The first-order chi connectivity index (χ1) is 14.5. The number of pyridine rings is 1. The molecule has 0 fully saturated rings. The first-order valence-electron chi connectivity index (χ1n) is 9.16. The highest BCUT2D eigenvalue weighted by molar-refractivity contribution is 8.00.